The van der Waals surface area contributed by atoms with Crippen molar-refractivity contribution in [1.82, 2.24) is 0 Å². The minimum absolute atomic E-state index is 0.0106. The molecule has 2 rings (SSSR count). The summed E-state index contributed by atoms with van der Waals surface area (Å²) in [5.41, 5.74) is 0.794. The summed E-state index contributed by atoms with van der Waals surface area (Å²) >= 11 is 4.76. The molecule has 0 fully saturated rings. The second-order valence-corrected chi connectivity index (χ2v) is 7.34. The van der Waals surface area contributed by atoms with E-state index in [4.69, 9.17) is 4.74 Å². The Labute approximate surface area is 118 Å². The fourth-order valence-corrected chi connectivity index (χ4v) is 4.39. The van der Waals surface area contributed by atoms with E-state index < -0.39 is 9.84 Å². The van der Waals surface area contributed by atoms with Crippen LogP contribution >= 0.6 is 27.3 Å². The Hall–Kier alpha value is -0.850. The van der Waals surface area contributed by atoms with Crippen LogP contribution in [-0.2, 0) is 15.6 Å². The lowest BCUT2D eigenvalue weighted by atomic mass is 10.3. The normalized spacial score (nSPS) is 11.4. The van der Waals surface area contributed by atoms with E-state index in [0.29, 0.717) is 10.2 Å². The average Bonchev–Trinajstić information content (AvgIpc) is 2.81. The molecule has 0 radical (unpaired) electrons. The van der Waals surface area contributed by atoms with E-state index in [9.17, 15) is 8.42 Å². The largest absolute Gasteiger partial charge is 0.495 e. The molecule has 0 aliphatic rings. The Morgan fingerprint density at radius 1 is 1.33 bits per heavy atom. The van der Waals surface area contributed by atoms with E-state index in [1.165, 1.54) is 18.4 Å². The summed E-state index contributed by atoms with van der Waals surface area (Å²) in [6, 6.07) is 6.78. The Morgan fingerprint density at radius 3 is 2.72 bits per heavy atom. The average molecular weight is 347 g/mol. The van der Waals surface area contributed by atoms with Crippen LogP contribution in [0.2, 0.25) is 0 Å². The first-order valence-corrected chi connectivity index (χ1v) is 8.49. The number of methoxy groups -OCH3 is 1. The maximum Gasteiger partial charge on any atom is 0.186 e. The molecule has 0 N–H and O–H groups in total. The molecule has 0 aliphatic heterocycles. The van der Waals surface area contributed by atoms with Crippen molar-refractivity contribution in [2.45, 2.75) is 10.6 Å². The zero-order valence-electron chi connectivity index (χ0n) is 9.59. The predicted octanol–water partition coefficient (Wildman–Crippen LogP) is 3.49. The molecule has 0 aliphatic carbocycles. The number of hydrogen-bond acceptors (Lipinski definition) is 4. The molecular formula is C12H11BrO3S2. The number of hydrogen-bond donors (Lipinski definition) is 0. The molecule has 0 spiro atoms. The fraction of sp³-hybridized carbons (Fsp3) is 0.167. The summed E-state index contributed by atoms with van der Waals surface area (Å²) in [6.07, 6.45) is 0. The molecule has 0 amide bonds. The van der Waals surface area contributed by atoms with Crippen molar-refractivity contribution in [3.63, 3.8) is 0 Å². The quantitative estimate of drug-likeness (QED) is 0.850. The standard InChI is InChI=1S/C12H11BrO3S2/c1-16-11-3-2-10(13)6-12(11)18(14,15)8-9-4-5-17-7-9/h2-7H,8H2,1H3. The molecule has 0 saturated heterocycles. The van der Waals surface area contributed by atoms with Gasteiger partial charge in [0, 0.05) is 4.47 Å². The van der Waals surface area contributed by atoms with Gasteiger partial charge in [0.25, 0.3) is 0 Å². The first-order chi connectivity index (χ1) is 8.53. The number of rotatable bonds is 4. The van der Waals surface area contributed by atoms with Crippen LogP contribution in [0.15, 0.2) is 44.4 Å². The van der Waals surface area contributed by atoms with Gasteiger partial charge in [-0.05, 0) is 40.6 Å². The van der Waals surface area contributed by atoms with Crippen LogP contribution in [0.25, 0.3) is 0 Å². The molecule has 6 heteroatoms. The highest BCUT2D eigenvalue weighted by molar-refractivity contribution is 9.10. The fourth-order valence-electron chi connectivity index (χ4n) is 1.57. The summed E-state index contributed by atoms with van der Waals surface area (Å²) in [5, 5.41) is 3.70. The molecule has 1 aromatic carbocycles. The highest BCUT2D eigenvalue weighted by Gasteiger charge is 2.20. The highest BCUT2D eigenvalue weighted by Crippen LogP contribution is 2.30. The summed E-state index contributed by atoms with van der Waals surface area (Å²) in [7, 11) is -1.93. The van der Waals surface area contributed by atoms with Crippen LogP contribution in [0.1, 0.15) is 5.56 Å². The molecule has 0 atom stereocenters. The molecule has 0 bridgehead atoms. The van der Waals surface area contributed by atoms with Crippen LogP contribution in [-0.4, -0.2) is 15.5 Å². The van der Waals surface area contributed by atoms with Crippen molar-refractivity contribution in [2.24, 2.45) is 0 Å². The van der Waals surface area contributed by atoms with E-state index in [-0.39, 0.29) is 10.6 Å². The molecule has 3 nitrogen and oxygen atoms in total. The Balaban J connectivity index is 2.43. The first kappa shape index (κ1) is 13.6. The van der Waals surface area contributed by atoms with Gasteiger partial charge in [0.1, 0.15) is 10.6 Å². The third kappa shape index (κ3) is 2.93. The predicted molar refractivity (Wildman–Crippen MR) is 75.9 cm³/mol. The van der Waals surface area contributed by atoms with Gasteiger partial charge < -0.3 is 4.74 Å². The minimum atomic E-state index is -3.40. The second-order valence-electron chi connectivity index (χ2n) is 3.69. The first-order valence-electron chi connectivity index (χ1n) is 5.10. The van der Waals surface area contributed by atoms with Gasteiger partial charge in [-0.2, -0.15) is 11.3 Å². The molecule has 2 aromatic rings. The Bertz CT molecular complexity index is 633. The molecule has 0 unspecified atom stereocenters. The van der Waals surface area contributed by atoms with Crippen LogP contribution in [0.3, 0.4) is 0 Å². The van der Waals surface area contributed by atoms with Crippen LogP contribution in [0.4, 0.5) is 0 Å². The maximum absolute atomic E-state index is 12.3. The Kier molecular flexibility index (Phi) is 4.09. The van der Waals surface area contributed by atoms with Crippen molar-refractivity contribution in [3.8, 4) is 5.75 Å². The van der Waals surface area contributed by atoms with Crippen molar-refractivity contribution >= 4 is 37.1 Å². The summed E-state index contributed by atoms with van der Waals surface area (Å²) in [6.45, 7) is 0. The molecule has 1 aromatic heterocycles. The van der Waals surface area contributed by atoms with E-state index in [1.54, 1.807) is 18.2 Å². The number of benzene rings is 1. The van der Waals surface area contributed by atoms with Crippen molar-refractivity contribution in [1.29, 1.82) is 0 Å². The van der Waals surface area contributed by atoms with Gasteiger partial charge in [-0.3, -0.25) is 0 Å². The van der Waals surface area contributed by atoms with Gasteiger partial charge in [0.05, 0.1) is 12.9 Å². The third-order valence-corrected chi connectivity index (χ3v) is 5.33. The monoisotopic (exact) mass is 346 g/mol. The van der Waals surface area contributed by atoms with Crippen molar-refractivity contribution in [2.75, 3.05) is 7.11 Å². The van der Waals surface area contributed by atoms with Gasteiger partial charge in [0.2, 0.25) is 0 Å². The molecule has 1 heterocycles. The summed E-state index contributed by atoms with van der Waals surface area (Å²) in [4.78, 5) is 0.213. The number of sulfone groups is 1. The summed E-state index contributed by atoms with van der Waals surface area (Å²) < 4.78 is 30.5. The van der Waals surface area contributed by atoms with Crippen molar-refractivity contribution in [3.05, 3.63) is 45.1 Å². The minimum Gasteiger partial charge on any atom is -0.495 e. The van der Waals surface area contributed by atoms with Crippen molar-refractivity contribution < 1.29 is 13.2 Å². The van der Waals surface area contributed by atoms with E-state index in [1.807, 2.05) is 16.8 Å². The Morgan fingerprint density at radius 2 is 2.11 bits per heavy atom. The molecular weight excluding hydrogens is 336 g/mol. The van der Waals surface area contributed by atoms with E-state index >= 15 is 0 Å². The lowest BCUT2D eigenvalue weighted by Gasteiger charge is -2.09. The zero-order valence-corrected chi connectivity index (χ0v) is 12.8. The molecule has 0 saturated carbocycles. The lowest BCUT2D eigenvalue weighted by Crippen LogP contribution is -2.06. The maximum atomic E-state index is 12.3. The summed E-state index contributed by atoms with van der Waals surface area (Å²) in [5.74, 6) is 0.358. The lowest BCUT2D eigenvalue weighted by molar-refractivity contribution is 0.402. The second kappa shape index (κ2) is 5.42. The number of halogens is 1. The smallest absolute Gasteiger partial charge is 0.186 e. The van der Waals surface area contributed by atoms with E-state index in [0.717, 1.165) is 5.56 Å². The zero-order chi connectivity index (χ0) is 13.2. The van der Waals surface area contributed by atoms with Crippen LogP contribution in [0.5, 0.6) is 5.75 Å². The van der Waals surface area contributed by atoms with Gasteiger partial charge >= 0.3 is 0 Å². The van der Waals surface area contributed by atoms with Gasteiger partial charge in [-0.25, -0.2) is 8.42 Å². The third-order valence-electron chi connectivity index (χ3n) is 2.40. The molecule has 18 heavy (non-hydrogen) atoms. The highest BCUT2D eigenvalue weighted by atomic mass is 79.9. The molecule has 96 valence electrons. The van der Waals surface area contributed by atoms with Gasteiger partial charge in [0.15, 0.2) is 9.84 Å². The van der Waals surface area contributed by atoms with Crippen LogP contribution < -0.4 is 4.74 Å². The van der Waals surface area contributed by atoms with E-state index in [2.05, 4.69) is 15.9 Å². The number of ether oxygens (including phenoxy) is 1. The van der Waals surface area contributed by atoms with Gasteiger partial charge in [-0.1, -0.05) is 15.9 Å². The number of thiophene rings is 1. The van der Waals surface area contributed by atoms with Gasteiger partial charge in [-0.15, -0.1) is 0 Å². The van der Waals surface area contributed by atoms with Crippen LogP contribution in [0, 0.1) is 0 Å². The SMILES string of the molecule is COc1ccc(Br)cc1S(=O)(=O)Cc1ccsc1. The topological polar surface area (TPSA) is 43.4 Å².